The lowest BCUT2D eigenvalue weighted by molar-refractivity contribution is -0.384. The Morgan fingerprint density at radius 1 is 1.48 bits per heavy atom. The Bertz CT molecular complexity index is 596. The number of guanidine groups is 1. The lowest BCUT2D eigenvalue weighted by Crippen LogP contribution is -2.40. The minimum absolute atomic E-state index is 0. The molecular weight excluding hydrogens is 463 g/mol. The number of rotatable bonds is 11. The first-order valence-corrected chi connectivity index (χ1v) is 8.63. The number of benzene rings is 1. The van der Waals surface area contributed by atoms with Gasteiger partial charge in [0.15, 0.2) is 5.96 Å². The second kappa shape index (κ2) is 14.2. The second-order valence-corrected chi connectivity index (χ2v) is 5.76. The molecule has 0 amide bonds. The molecule has 1 atom stereocenters. The Morgan fingerprint density at radius 3 is 2.70 bits per heavy atom. The molecule has 0 saturated carbocycles. The first-order valence-electron chi connectivity index (χ1n) is 8.63. The molecule has 0 radical (unpaired) electrons. The summed E-state index contributed by atoms with van der Waals surface area (Å²) in [6.07, 6.45) is 3.03. The number of unbranched alkanes of at least 4 members (excludes halogenated alkanes) is 1. The molecular formula is C18H29IN4O4. The minimum atomic E-state index is -0.777. The molecule has 27 heavy (non-hydrogen) atoms. The van der Waals surface area contributed by atoms with Gasteiger partial charge in [0.2, 0.25) is 0 Å². The fraction of sp³-hybridized carbons (Fsp3) is 0.500. The zero-order valence-corrected chi connectivity index (χ0v) is 18.2. The van der Waals surface area contributed by atoms with Crippen molar-refractivity contribution in [3.8, 4) is 5.75 Å². The maximum atomic E-state index is 10.6. The van der Waals surface area contributed by atoms with E-state index in [0.717, 1.165) is 31.9 Å². The summed E-state index contributed by atoms with van der Waals surface area (Å²) in [5.74, 6) is 1.19. The number of allylic oxidation sites excluding steroid dienone is 1. The summed E-state index contributed by atoms with van der Waals surface area (Å²) < 4.78 is 5.45. The van der Waals surface area contributed by atoms with Gasteiger partial charge in [-0.05, 0) is 31.9 Å². The van der Waals surface area contributed by atoms with Crippen LogP contribution in [0.15, 0.2) is 41.9 Å². The molecule has 1 aromatic rings. The monoisotopic (exact) mass is 492 g/mol. The van der Waals surface area contributed by atoms with Crippen molar-refractivity contribution >= 4 is 35.6 Å². The number of nitro benzene ring substituents is 1. The van der Waals surface area contributed by atoms with Crippen LogP contribution < -0.4 is 10.1 Å². The van der Waals surface area contributed by atoms with Gasteiger partial charge in [0, 0.05) is 32.3 Å². The van der Waals surface area contributed by atoms with Crippen LogP contribution in [0.5, 0.6) is 5.75 Å². The molecule has 1 unspecified atom stereocenters. The van der Waals surface area contributed by atoms with Crippen molar-refractivity contribution in [2.24, 2.45) is 4.99 Å². The molecule has 152 valence electrons. The molecule has 0 heterocycles. The topological polar surface area (TPSA) is 100 Å². The molecule has 0 fully saturated rings. The van der Waals surface area contributed by atoms with Crippen molar-refractivity contribution in [3.05, 3.63) is 47.0 Å². The number of hydrogen-bond acceptors (Lipinski definition) is 5. The van der Waals surface area contributed by atoms with E-state index in [-0.39, 0.29) is 42.8 Å². The predicted octanol–water partition coefficient (Wildman–Crippen LogP) is 2.82. The van der Waals surface area contributed by atoms with Crippen LogP contribution in [0.2, 0.25) is 0 Å². The lowest BCUT2D eigenvalue weighted by atomic mass is 10.3. The smallest absolute Gasteiger partial charge is 0.269 e. The van der Waals surface area contributed by atoms with Gasteiger partial charge < -0.3 is 20.1 Å². The summed E-state index contributed by atoms with van der Waals surface area (Å²) in [5.41, 5.74) is -0.00253. The van der Waals surface area contributed by atoms with Crippen LogP contribution >= 0.6 is 24.0 Å². The highest BCUT2D eigenvalue weighted by molar-refractivity contribution is 14.0. The third kappa shape index (κ3) is 10.1. The van der Waals surface area contributed by atoms with Gasteiger partial charge >= 0.3 is 0 Å². The van der Waals surface area contributed by atoms with E-state index in [1.54, 1.807) is 0 Å². The summed E-state index contributed by atoms with van der Waals surface area (Å²) in [5, 5.41) is 23.9. The number of nitro groups is 1. The number of halogens is 1. The fourth-order valence-corrected chi connectivity index (χ4v) is 2.15. The zero-order valence-electron chi connectivity index (χ0n) is 15.8. The molecule has 1 aromatic carbocycles. The van der Waals surface area contributed by atoms with Crippen molar-refractivity contribution < 1.29 is 14.8 Å². The zero-order chi connectivity index (χ0) is 19.4. The van der Waals surface area contributed by atoms with Crippen LogP contribution in [0.4, 0.5) is 5.69 Å². The average molecular weight is 492 g/mol. The maximum absolute atomic E-state index is 10.6. The number of aliphatic imine (C=N–C) groups is 1. The number of aliphatic hydroxyl groups excluding tert-OH is 1. The number of ether oxygens (including phenoxy) is 1. The van der Waals surface area contributed by atoms with Crippen LogP contribution in [0.25, 0.3) is 0 Å². The van der Waals surface area contributed by atoms with Gasteiger partial charge in [-0.2, -0.15) is 0 Å². The fourth-order valence-electron chi connectivity index (χ4n) is 2.15. The summed E-state index contributed by atoms with van der Waals surface area (Å²) in [7, 11) is 1.95. The maximum Gasteiger partial charge on any atom is 0.269 e. The third-order valence-corrected chi connectivity index (χ3v) is 3.54. The molecule has 0 aliphatic rings. The number of nitrogens with one attached hydrogen (secondary N) is 1. The Balaban J connectivity index is 0.00000676. The highest BCUT2D eigenvalue weighted by Crippen LogP contribution is 2.17. The molecule has 0 bridgehead atoms. The number of non-ortho nitro benzene ring substituents is 1. The molecule has 0 aliphatic heterocycles. The van der Waals surface area contributed by atoms with Gasteiger partial charge in [-0.3, -0.25) is 15.1 Å². The molecule has 0 aliphatic carbocycles. The molecule has 1 rings (SSSR count). The van der Waals surface area contributed by atoms with E-state index in [2.05, 4.69) is 16.9 Å². The molecule has 0 saturated heterocycles. The van der Waals surface area contributed by atoms with Crippen molar-refractivity contribution in [2.75, 3.05) is 33.3 Å². The van der Waals surface area contributed by atoms with Crippen molar-refractivity contribution in [1.82, 2.24) is 10.2 Å². The van der Waals surface area contributed by atoms with Gasteiger partial charge in [0.05, 0.1) is 11.5 Å². The van der Waals surface area contributed by atoms with E-state index < -0.39 is 11.0 Å². The quantitative estimate of drug-likeness (QED) is 0.0938. The van der Waals surface area contributed by atoms with E-state index in [1.165, 1.54) is 24.3 Å². The number of hydrogen-bond donors (Lipinski definition) is 2. The Hall–Kier alpha value is -1.88. The summed E-state index contributed by atoms with van der Waals surface area (Å²) >= 11 is 0. The Kier molecular flexibility index (Phi) is 13.2. The van der Waals surface area contributed by atoms with Gasteiger partial charge in [0.1, 0.15) is 18.5 Å². The van der Waals surface area contributed by atoms with Crippen LogP contribution in [0, 0.1) is 10.1 Å². The van der Waals surface area contributed by atoms with Crippen LogP contribution in [0.1, 0.15) is 19.8 Å². The van der Waals surface area contributed by atoms with Gasteiger partial charge in [-0.1, -0.05) is 6.08 Å². The normalized spacial score (nSPS) is 11.9. The van der Waals surface area contributed by atoms with Crippen LogP contribution in [-0.4, -0.2) is 60.3 Å². The van der Waals surface area contributed by atoms with E-state index >= 15 is 0 Å². The lowest BCUT2D eigenvalue weighted by Gasteiger charge is -2.22. The molecule has 9 heteroatoms. The van der Waals surface area contributed by atoms with E-state index in [1.807, 2.05) is 24.9 Å². The second-order valence-electron chi connectivity index (χ2n) is 5.76. The highest BCUT2D eigenvalue weighted by atomic mass is 127. The van der Waals surface area contributed by atoms with Gasteiger partial charge in [0.25, 0.3) is 5.69 Å². The van der Waals surface area contributed by atoms with Crippen LogP contribution in [-0.2, 0) is 0 Å². The molecule has 0 aromatic heterocycles. The molecule has 8 nitrogen and oxygen atoms in total. The first-order chi connectivity index (χ1) is 12.5. The third-order valence-electron chi connectivity index (χ3n) is 3.54. The predicted molar refractivity (Wildman–Crippen MR) is 118 cm³/mol. The van der Waals surface area contributed by atoms with Crippen molar-refractivity contribution in [3.63, 3.8) is 0 Å². The standard InChI is InChI=1S/C18H28N4O4.HI/c1-4-6-7-12-21(3)18(19-5-2)20-13-16(23)14-26-17-10-8-15(9-11-17)22(24)25;/h4,8-11,16,23H,1,5-7,12-14H2,2-3H3,(H,19,20);1H. The molecule has 0 spiro atoms. The van der Waals surface area contributed by atoms with Gasteiger partial charge in [-0.15, -0.1) is 30.6 Å². The van der Waals surface area contributed by atoms with E-state index in [9.17, 15) is 15.2 Å². The average Bonchev–Trinajstić information content (AvgIpc) is 2.63. The number of aliphatic hydroxyl groups is 1. The number of nitrogens with zero attached hydrogens (tertiary/aromatic N) is 3. The summed E-state index contributed by atoms with van der Waals surface area (Å²) in [6, 6.07) is 5.74. The first kappa shape index (κ1) is 25.1. The van der Waals surface area contributed by atoms with Crippen molar-refractivity contribution in [2.45, 2.75) is 25.9 Å². The summed E-state index contributed by atoms with van der Waals surface area (Å²) in [4.78, 5) is 16.6. The van der Waals surface area contributed by atoms with Gasteiger partial charge in [-0.25, -0.2) is 0 Å². The Labute approximate surface area is 177 Å². The minimum Gasteiger partial charge on any atom is -0.491 e. The Morgan fingerprint density at radius 2 is 2.15 bits per heavy atom. The largest absolute Gasteiger partial charge is 0.491 e. The summed E-state index contributed by atoms with van der Waals surface area (Å²) in [6.45, 7) is 7.53. The SMILES string of the molecule is C=CCCCN(C)C(=NCC(O)COc1ccc([N+](=O)[O-])cc1)NCC.I. The van der Waals surface area contributed by atoms with Crippen molar-refractivity contribution in [1.29, 1.82) is 0 Å². The molecule has 2 N–H and O–H groups in total. The van der Waals surface area contributed by atoms with Crippen LogP contribution in [0.3, 0.4) is 0 Å². The van der Waals surface area contributed by atoms with E-state index in [4.69, 9.17) is 4.74 Å². The highest BCUT2D eigenvalue weighted by Gasteiger charge is 2.10. The van der Waals surface area contributed by atoms with E-state index in [0.29, 0.717) is 5.75 Å².